The molecule has 3 aliphatic rings. The smallest absolute Gasteiger partial charge is 0.317 e. The van der Waals surface area contributed by atoms with E-state index in [0.717, 1.165) is 58.3 Å². The first kappa shape index (κ1) is 17.7. The van der Waals surface area contributed by atoms with Gasteiger partial charge in [0.2, 0.25) is 0 Å². The fourth-order valence-corrected chi connectivity index (χ4v) is 3.79. The van der Waals surface area contributed by atoms with Crippen LogP contribution >= 0.6 is 0 Å². The predicted octanol–water partition coefficient (Wildman–Crippen LogP) is 3.10. The highest BCUT2D eigenvalue weighted by Gasteiger charge is 2.25. The van der Waals surface area contributed by atoms with Crippen molar-refractivity contribution in [2.75, 3.05) is 32.8 Å². The van der Waals surface area contributed by atoms with Gasteiger partial charge in [0.1, 0.15) is 0 Å². The molecular weight excluding hydrogens is 304 g/mol. The highest BCUT2D eigenvalue weighted by atomic mass is 16.5. The largest absolute Gasteiger partial charge is 0.376 e. The molecule has 136 valence electrons. The van der Waals surface area contributed by atoms with Crippen molar-refractivity contribution in [3.8, 4) is 0 Å². The summed E-state index contributed by atoms with van der Waals surface area (Å²) in [4.78, 5) is 14.2. The average Bonchev–Trinajstić information content (AvgIpc) is 2.66. The number of nitrogens with zero attached hydrogens (tertiary/aromatic N) is 1. The van der Waals surface area contributed by atoms with Gasteiger partial charge in [-0.3, -0.25) is 0 Å². The van der Waals surface area contributed by atoms with Crippen molar-refractivity contribution >= 4 is 6.03 Å². The van der Waals surface area contributed by atoms with Crippen molar-refractivity contribution < 1.29 is 14.3 Å². The Morgan fingerprint density at radius 3 is 2.75 bits per heavy atom. The molecule has 0 aromatic carbocycles. The zero-order chi connectivity index (χ0) is 16.6. The lowest BCUT2D eigenvalue weighted by molar-refractivity contribution is -0.0728. The van der Waals surface area contributed by atoms with Crippen LogP contribution in [0.25, 0.3) is 0 Å². The summed E-state index contributed by atoms with van der Waals surface area (Å²) in [6.45, 7) is 3.99. The second-order valence-electron chi connectivity index (χ2n) is 7.34. The van der Waals surface area contributed by atoms with E-state index in [1.165, 1.54) is 19.3 Å². The van der Waals surface area contributed by atoms with Crippen LogP contribution in [-0.2, 0) is 9.47 Å². The third-order valence-corrected chi connectivity index (χ3v) is 5.44. The van der Waals surface area contributed by atoms with Gasteiger partial charge in [-0.2, -0.15) is 0 Å². The second kappa shape index (κ2) is 9.42. The summed E-state index contributed by atoms with van der Waals surface area (Å²) >= 11 is 0. The normalized spacial score (nSPS) is 28.8. The molecule has 0 aromatic heterocycles. The fourth-order valence-electron chi connectivity index (χ4n) is 3.79. The maximum atomic E-state index is 12.3. The first-order chi connectivity index (χ1) is 11.8. The van der Waals surface area contributed by atoms with Crippen molar-refractivity contribution in [3.63, 3.8) is 0 Å². The van der Waals surface area contributed by atoms with Gasteiger partial charge in [-0.05, 0) is 57.3 Å². The molecule has 5 heteroatoms. The molecule has 2 heterocycles. The number of nitrogens with one attached hydrogen (secondary N) is 1. The molecule has 2 atom stereocenters. The highest BCUT2D eigenvalue weighted by molar-refractivity contribution is 5.74. The number of hydrogen-bond donors (Lipinski definition) is 1. The van der Waals surface area contributed by atoms with Crippen LogP contribution in [0.4, 0.5) is 4.79 Å². The molecule has 2 aliphatic heterocycles. The molecule has 24 heavy (non-hydrogen) atoms. The summed E-state index contributed by atoms with van der Waals surface area (Å²) in [5.74, 6) is 0.607. The Hall–Kier alpha value is -1.07. The highest BCUT2D eigenvalue weighted by Crippen LogP contribution is 2.19. The molecule has 0 aromatic rings. The van der Waals surface area contributed by atoms with Crippen LogP contribution in [0.15, 0.2) is 12.2 Å². The van der Waals surface area contributed by atoms with Crippen LogP contribution < -0.4 is 5.32 Å². The molecule has 1 N–H and O–H groups in total. The number of ether oxygens (including phenoxy) is 2. The number of likely N-dealkylation sites (tertiary alicyclic amines) is 1. The maximum absolute atomic E-state index is 12.3. The number of urea groups is 1. The summed E-state index contributed by atoms with van der Waals surface area (Å²) in [7, 11) is 0. The Morgan fingerprint density at radius 1 is 1.17 bits per heavy atom. The average molecular weight is 336 g/mol. The molecule has 2 saturated heterocycles. The first-order valence-electron chi connectivity index (χ1n) is 9.72. The quantitative estimate of drug-likeness (QED) is 0.785. The van der Waals surface area contributed by atoms with Gasteiger partial charge in [-0.1, -0.05) is 12.2 Å². The van der Waals surface area contributed by atoms with Gasteiger partial charge >= 0.3 is 6.03 Å². The lowest BCUT2D eigenvalue weighted by Gasteiger charge is -2.33. The minimum Gasteiger partial charge on any atom is -0.376 e. The van der Waals surface area contributed by atoms with Crippen molar-refractivity contribution in [1.82, 2.24) is 10.2 Å². The monoisotopic (exact) mass is 336 g/mol. The summed E-state index contributed by atoms with van der Waals surface area (Å²) < 4.78 is 11.7. The van der Waals surface area contributed by atoms with E-state index >= 15 is 0 Å². The zero-order valence-electron chi connectivity index (χ0n) is 14.8. The van der Waals surface area contributed by atoms with Crippen molar-refractivity contribution in [2.24, 2.45) is 5.92 Å². The van der Waals surface area contributed by atoms with E-state index in [9.17, 15) is 4.79 Å². The van der Waals surface area contributed by atoms with E-state index in [-0.39, 0.29) is 18.2 Å². The van der Waals surface area contributed by atoms with Crippen LogP contribution in [0, 0.1) is 5.92 Å². The Labute approximate surface area is 145 Å². The summed E-state index contributed by atoms with van der Waals surface area (Å²) in [5, 5.41) is 3.11. The third-order valence-electron chi connectivity index (χ3n) is 5.44. The van der Waals surface area contributed by atoms with E-state index in [2.05, 4.69) is 17.5 Å². The van der Waals surface area contributed by atoms with Gasteiger partial charge in [0.15, 0.2) is 0 Å². The van der Waals surface area contributed by atoms with Gasteiger partial charge < -0.3 is 19.7 Å². The molecule has 0 bridgehead atoms. The van der Waals surface area contributed by atoms with Crippen LogP contribution in [0.2, 0.25) is 0 Å². The Kier molecular flexibility index (Phi) is 6.97. The van der Waals surface area contributed by atoms with Crippen LogP contribution in [-0.4, -0.2) is 56.0 Å². The summed E-state index contributed by atoms with van der Waals surface area (Å²) in [6.07, 6.45) is 13.9. The van der Waals surface area contributed by atoms with E-state index in [1.807, 2.05) is 4.90 Å². The molecule has 5 nitrogen and oxygen atoms in total. The number of amides is 2. The van der Waals surface area contributed by atoms with E-state index in [0.29, 0.717) is 12.5 Å². The number of rotatable bonds is 5. The number of hydrogen-bond acceptors (Lipinski definition) is 3. The summed E-state index contributed by atoms with van der Waals surface area (Å²) in [6, 6.07) is 0.0959. The third kappa shape index (κ3) is 5.49. The molecule has 2 amide bonds. The minimum atomic E-state index is 0.0959. The summed E-state index contributed by atoms with van der Waals surface area (Å²) in [5.41, 5.74) is 0. The molecular formula is C19H32N2O3. The lowest BCUT2D eigenvalue weighted by Crippen LogP contribution is -2.47. The molecule has 3 rings (SSSR count). The lowest BCUT2D eigenvalue weighted by atomic mass is 9.94. The molecule has 0 unspecified atom stereocenters. The second-order valence-corrected chi connectivity index (χ2v) is 7.34. The Morgan fingerprint density at radius 2 is 2.04 bits per heavy atom. The number of carbonyl (C=O) groups is 1. The van der Waals surface area contributed by atoms with Gasteiger partial charge in [-0.15, -0.1) is 0 Å². The predicted molar refractivity (Wildman–Crippen MR) is 94.0 cm³/mol. The van der Waals surface area contributed by atoms with Crippen molar-refractivity contribution in [3.05, 3.63) is 12.2 Å². The molecule has 0 saturated carbocycles. The van der Waals surface area contributed by atoms with Crippen LogP contribution in [0.1, 0.15) is 51.4 Å². The van der Waals surface area contributed by atoms with Gasteiger partial charge in [-0.25, -0.2) is 4.79 Å². The number of carbonyl (C=O) groups excluding carboxylic acids is 1. The van der Waals surface area contributed by atoms with Crippen LogP contribution in [0.3, 0.4) is 0 Å². The number of allylic oxidation sites excluding steroid dienone is 2. The standard InChI is InChI=1S/C19H32N2O3/c22-19(20-14-16-6-2-1-3-7-16)21-11-9-17(10-12-21)24-15-18-8-4-5-13-23-18/h1-2,16-18H,3-15H2,(H,20,22)/t16-,18+/m1/s1. The van der Waals surface area contributed by atoms with Gasteiger partial charge in [0.05, 0.1) is 18.8 Å². The van der Waals surface area contributed by atoms with E-state index in [1.54, 1.807) is 0 Å². The van der Waals surface area contributed by atoms with E-state index < -0.39 is 0 Å². The number of piperidine rings is 1. The van der Waals surface area contributed by atoms with Gasteiger partial charge in [0.25, 0.3) is 0 Å². The maximum Gasteiger partial charge on any atom is 0.317 e. The Balaban J connectivity index is 1.29. The Bertz CT molecular complexity index is 413. The van der Waals surface area contributed by atoms with Crippen molar-refractivity contribution in [2.45, 2.75) is 63.6 Å². The zero-order valence-corrected chi connectivity index (χ0v) is 14.8. The molecule has 0 radical (unpaired) electrons. The first-order valence-corrected chi connectivity index (χ1v) is 9.72. The van der Waals surface area contributed by atoms with E-state index in [4.69, 9.17) is 9.47 Å². The van der Waals surface area contributed by atoms with Gasteiger partial charge in [0, 0.05) is 26.2 Å². The van der Waals surface area contributed by atoms with Crippen molar-refractivity contribution in [1.29, 1.82) is 0 Å². The minimum absolute atomic E-state index is 0.0959. The topological polar surface area (TPSA) is 50.8 Å². The molecule has 1 aliphatic carbocycles. The SMILES string of the molecule is O=C(NC[C@@H]1CC=CCC1)N1CCC(OC[C@@H]2CCCCO2)CC1. The molecule has 2 fully saturated rings. The van der Waals surface area contributed by atoms with Crippen LogP contribution in [0.5, 0.6) is 0 Å². The fraction of sp³-hybridized carbons (Fsp3) is 0.842. The molecule has 0 spiro atoms.